The minimum Gasteiger partial charge on any atom is -0.497 e. The van der Waals surface area contributed by atoms with Crippen LogP contribution in [-0.2, 0) is 20.7 Å². The van der Waals surface area contributed by atoms with E-state index in [1.54, 1.807) is 19.3 Å². The number of carbonyl (C=O) groups is 2. The van der Waals surface area contributed by atoms with Gasteiger partial charge in [-0.3, -0.25) is 4.79 Å². The molecule has 1 amide bonds. The highest BCUT2D eigenvalue weighted by molar-refractivity contribution is 5.89. The van der Waals surface area contributed by atoms with Crippen LogP contribution in [0.4, 0.5) is 0 Å². The van der Waals surface area contributed by atoms with Crippen molar-refractivity contribution in [3.8, 4) is 5.75 Å². The molecule has 29 heavy (non-hydrogen) atoms. The van der Waals surface area contributed by atoms with Gasteiger partial charge in [-0.2, -0.15) is 0 Å². The Labute approximate surface area is 172 Å². The summed E-state index contributed by atoms with van der Waals surface area (Å²) in [7, 11) is 1.58. The molecule has 0 aliphatic rings. The highest BCUT2D eigenvalue weighted by Crippen LogP contribution is 2.16. The van der Waals surface area contributed by atoms with Crippen LogP contribution in [-0.4, -0.2) is 25.6 Å². The fourth-order valence-corrected chi connectivity index (χ4v) is 2.87. The van der Waals surface area contributed by atoms with Gasteiger partial charge in [0.15, 0.2) is 6.61 Å². The number of rotatable bonds is 9. The van der Waals surface area contributed by atoms with Crippen LogP contribution in [0.1, 0.15) is 43.5 Å². The SMILES string of the molecule is COc1cccc(/C=C/C(=O)OCC(=O)N[C@@H](C)c2ccc(CC(C)C)cc2)c1. The molecule has 0 saturated heterocycles. The van der Waals surface area contributed by atoms with E-state index in [0.717, 1.165) is 17.5 Å². The van der Waals surface area contributed by atoms with E-state index in [0.29, 0.717) is 11.7 Å². The van der Waals surface area contributed by atoms with Gasteiger partial charge in [-0.15, -0.1) is 0 Å². The molecule has 1 atom stereocenters. The van der Waals surface area contributed by atoms with Gasteiger partial charge in [0.2, 0.25) is 0 Å². The van der Waals surface area contributed by atoms with Gasteiger partial charge in [0.25, 0.3) is 5.91 Å². The highest BCUT2D eigenvalue weighted by atomic mass is 16.5. The number of methoxy groups -OCH3 is 1. The maximum Gasteiger partial charge on any atom is 0.331 e. The fraction of sp³-hybridized carbons (Fsp3) is 0.333. The van der Waals surface area contributed by atoms with E-state index in [9.17, 15) is 9.59 Å². The molecule has 0 heterocycles. The summed E-state index contributed by atoms with van der Waals surface area (Å²) in [5.74, 6) is 0.386. The molecule has 0 aromatic heterocycles. The third-order valence-electron chi connectivity index (χ3n) is 4.35. The first-order chi connectivity index (χ1) is 13.9. The average molecular weight is 395 g/mol. The predicted octanol–water partition coefficient (Wildman–Crippen LogP) is 4.33. The van der Waals surface area contributed by atoms with Crippen molar-refractivity contribution in [3.05, 3.63) is 71.3 Å². The predicted molar refractivity (Wildman–Crippen MR) is 115 cm³/mol. The van der Waals surface area contributed by atoms with Crippen molar-refractivity contribution in [1.29, 1.82) is 0 Å². The first-order valence-corrected chi connectivity index (χ1v) is 9.74. The van der Waals surface area contributed by atoms with Crippen molar-refractivity contribution >= 4 is 18.0 Å². The zero-order chi connectivity index (χ0) is 21.2. The largest absolute Gasteiger partial charge is 0.497 e. The zero-order valence-corrected chi connectivity index (χ0v) is 17.5. The van der Waals surface area contributed by atoms with Gasteiger partial charge in [-0.1, -0.05) is 50.2 Å². The molecule has 5 heteroatoms. The Morgan fingerprint density at radius 2 is 1.79 bits per heavy atom. The molecule has 0 radical (unpaired) electrons. The van der Waals surface area contributed by atoms with E-state index in [1.165, 1.54) is 11.6 Å². The fourth-order valence-electron chi connectivity index (χ4n) is 2.87. The molecule has 154 valence electrons. The van der Waals surface area contributed by atoms with Crippen LogP contribution in [0, 0.1) is 5.92 Å². The van der Waals surface area contributed by atoms with E-state index < -0.39 is 5.97 Å². The lowest BCUT2D eigenvalue weighted by atomic mass is 10.00. The number of nitrogens with one attached hydrogen (secondary N) is 1. The van der Waals surface area contributed by atoms with Gasteiger partial charge in [-0.25, -0.2) is 4.79 Å². The number of benzene rings is 2. The molecule has 0 saturated carbocycles. The monoisotopic (exact) mass is 395 g/mol. The molecule has 0 bridgehead atoms. The molecule has 0 aliphatic heterocycles. The van der Waals surface area contributed by atoms with E-state index in [2.05, 4.69) is 31.3 Å². The Morgan fingerprint density at radius 1 is 1.07 bits per heavy atom. The van der Waals surface area contributed by atoms with Crippen LogP contribution >= 0.6 is 0 Å². The van der Waals surface area contributed by atoms with Gasteiger partial charge in [0, 0.05) is 6.08 Å². The number of hydrogen-bond donors (Lipinski definition) is 1. The van der Waals surface area contributed by atoms with Crippen molar-refractivity contribution in [3.63, 3.8) is 0 Å². The third kappa shape index (κ3) is 7.82. The lowest BCUT2D eigenvalue weighted by Gasteiger charge is -2.15. The molecule has 2 aromatic rings. The van der Waals surface area contributed by atoms with Crippen LogP contribution in [0.2, 0.25) is 0 Å². The molecule has 2 rings (SSSR count). The van der Waals surface area contributed by atoms with E-state index in [1.807, 2.05) is 37.3 Å². The van der Waals surface area contributed by atoms with Crippen molar-refractivity contribution in [1.82, 2.24) is 5.32 Å². The summed E-state index contributed by atoms with van der Waals surface area (Å²) in [6.07, 6.45) is 3.93. The Kier molecular flexibility index (Phi) is 8.46. The number of ether oxygens (including phenoxy) is 2. The Hall–Kier alpha value is -3.08. The second-order valence-corrected chi connectivity index (χ2v) is 7.35. The Balaban J connectivity index is 1.79. The molecule has 1 N–H and O–H groups in total. The van der Waals surface area contributed by atoms with Crippen LogP contribution < -0.4 is 10.1 Å². The first kappa shape index (κ1) is 22.2. The maximum atomic E-state index is 12.1. The summed E-state index contributed by atoms with van der Waals surface area (Å²) in [5.41, 5.74) is 3.09. The van der Waals surface area contributed by atoms with Crippen molar-refractivity contribution in [2.45, 2.75) is 33.2 Å². The summed E-state index contributed by atoms with van der Waals surface area (Å²) in [5, 5.41) is 2.84. The standard InChI is InChI=1S/C24H29NO4/c1-17(2)14-20-8-11-21(12-9-20)18(3)25-23(26)16-29-24(27)13-10-19-6-5-7-22(15-19)28-4/h5-13,15,17-18H,14,16H2,1-4H3,(H,25,26)/b13-10+/t18-/m0/s1. The number of hydrogen-bond acceptors (Lipinski definition) is 4. The number of carbonyl (C=O) groups excluding carboxylic acids is 2. The van der Waals surface area contributed by atoms with E-state index >= 15 is 0 Å². The lowest BCUT2D eigenvalue weighted by Crippen LogP contribution is -2.30. The first-order valence-electron chi connectivity index (χ1n) is 9.74. The molecular weight excluding hydrogens is 366 g/mol. The topological polar surface area (TPSA) is 64.6 Å². The number of amides is 1. The lowest BCUT2D eigenvalue weighted by molar-refractivity contribution is -0.144. The van der Waals surface area contributed by atoms with Crippen LogP contribution in [0.5, 0.6) is 5.75 Å². The molecule has 0 unspecified atom stereocenters. The second-order valence-electron chi connectivity index (χ2n) is 7.35. The van der Waals surface area contributed by atoms with Gasteiger partial charge < -0.3 is 14.8 Å². The third-order valence-corrected chi connectivity index (χ3v) is 4.35. The molecule has 0 aliphatic carbocycles. The highest BCUT2D eigenvalue weighted by Gasteiger charge is 2.11. The average Bonchev–Trinajstić information content (AvgIpc) is 2.71. The minimum absolute atomic E-state index is 0.165. The van der Waals surface area contributed by atoms with Crippen LogP contribution in [0.25, 0.3) is 6.08 Å². The Morgan fingerprint density at radius 3 is 2.45 bits per heavy atom. The van der Waals surface area contributed by atoms with Gasteiger partial charge in [0.1, 0.15) is 5.75 Å². The summed E-state index contributed by atoms with van der Waals surface area (Å²) in [4.78, 5) is 23.9. The van der Waals surface area contributed by atoms with Gasteiger partial charge in [0.05, 0.1) is 13.2 Å². The maximum absolute atomic E-state index is 12.1. The Bertz CT molecular complexity index is 840. The minimum atomic E-state index is -0.575. The quantitative estimate of drug-likeness (QED) is 0.507. The van der Waals surface area contributed by atoms with Crippen molar-refractivity contribution in [2.24, 2.45) is 5.92 Å². The van der Waals surface area contributed by atoms with E-state index in [-0.39, 0.29) is 18.6 Å². The summed E-state index contributed by atoms with van der Waals surface area (Å²) in [6, 6.07) is 15.3. The summed E-state index contributed by atoms with van der Waals surface area (Å²) in [6.45, 7) is 5.95. The number of esters is 1. The normalized spacial score (nSPS) is 12.0. The molecule has 2 aromatic carbocycles. The molecule has 0 fully saturated rings. The van der Waals surface area contributed by atoms with Gasteiger partial charge >= 0.3 is 5.97 Å². The second kappa shape index (κ2) is 11.1. The van der Waals surface area contributed by atoms with Gasteiger partial charge in [-0.05, 0) is 54.2 Å². The van der Waals surface area contributed by atoms with Crippen molar-refractivity contribution < 1.29 is 19.1 Å². The molecule has 0 spiro atoms. The zero-order valence-electron chi connectivity index (χ0n) is 17.5. The van der Waals surface area contributed by atoms with E-state index in [4.69, 9.17) is 9.47 Å². The molecular formula is C24H29NO4. The summed E-state index contributed by atoms with van der Waals surface area (Å²) < 4.78 is 10.1. The smallest absolute Gasteiger partial charge is 0.331 e. The van der Waals surface area contributed by atoms with Crippen LogP contribution in [0.3, 0.4) is 0 Å². The van der Waals surface area contributed by atoms with Crippen LogP contribution in [0.15, 0.2) is 54.6 Å². The summed E-state index contributed by atoms with van der Waals surface area (Å²) >= 11 is 0. The molecule has 5 nitrogen and oxygen atoms in total. The van der Waals surface area contributed by atoms with Crippen molar-refractivity contribution in [2.75, 3.05) is 13.7 Å².